The van der Waals surface area contributed by atoms with Gasteiger partial charge in [-0.05, 0) is 51.4 Å². The van der Waals surface area contributed by atoms with Gasteiger partial charge in [0.1, 0.15) is 13.2 Å². The summed E-state index contributed by atoms with van der Waals surface area (Å²) >= 11 is 0. The van der Waals surface area contributed by atoms with Crippen molar-refractivity contribution in [1.29, 1.82) is 0 Å². The molecule has 0 spiro atoms. The van der Waals surface area contributed by atoms with Crippen LogP contribution in [-0.4, -0.2) is 37.2 Å². The van der Waals surface area contributed by atoms with Crippen LogP contribution < -0.4 is 0 Å². The summed E-state index contributed by atoms with van der Waals surface area (Å²) < 4.78 is 17.0. The van der Waals surface area contributed by atoms with Gasteiger partial charge in [-0.2, -0.15) is 0 Å². The van der Waals surface area contributed by atoms with E-state index in [1.54, 1.807) is 0 Å². The predicted octanol–water partition coefficient (Wildman–Crippen LogP) is 25.3. The van der Waals surface area contributed by atoms with Gasteiger partial charge in [0.2, 0.25) is 0 Å². The SMILES string of the molecule is CCCCCCC/C=C\C/C=C\CCCCCCCCCCCCCCCCCCCCCC(=O)OCC(COC(=O)CCCCCCCCCCCC)OC(=O)CCCCCCCCCCCCCCCCCCCCCCCC. The third-order valence-electron chi connectivity index (χ3n) is 17.0. The summed E-state index contributed by atoms with van der Waals surface area (Å²) in [6, 6.07) is 0. The normalized spacial score (nSPS) is 12.1. The summed E-state index contributed by atoms with van der Waals surface area (Å²) in [6.45, 7) is 6.70. The van der Waals surface area contributed by atoms with Crippen molar-refractivity contribution in [2.75, 3.05) is 13.2 Å². The predicted molar refractivity (Wildman–Crippen MR) is 353 cm³/mol. The Labute approximate surface area is 506 Å². The van der Waals surface area contributed by atoms with Crippen LogP contribution in [0.4, 0.5) is 0 Å². The van der Waals surface area contributed by atoms with Crippen LogP contribution in [-0.2, 0) is 28.6 Å². The van der Waals surface area contributed by atoms with Crippen molar-refractivity contribution in [2.45, 2.75) is 425 Å². The van der Waals surface area contributed by atoms with E-state index in [1.807, 2.05) is 0 Å². The minimum absolute atomic E-state index is 0.0632. The van der Waals surface area contributed by atoms with Gasteiger partial charge in [-0.3, -0.25) is 14.4 Å². The van der Waals surface area contributed by atoms with E-state index < -0.39 is 6.10 Å². The minimum atomic E-state index is -0.765. The first kappa shape index (κ1) is 78.9. The van der Waals surface area contributed by atoms with Gasteiger partial charge in [-0.25, -0.2) is 0 Å². The zero-order valence-electron chi connectivity index (χ0n) is 55.1. The lowest BCUT2D eigenvalue weighted by Gasteiger charge is -2.18. The van der Waals surface area contributed by atoms with Crippen LogP contribution in [0.2, 0.25) is 0 Å². The Hall–Kier alpha value is -2.11. The second-order valence-electron chi connectivity index (χ2n) is 25.2. The Bertz CT molecular complexity index is 1310. The first-order chi connectivity index (χ1) is 40.0. The summed E-state index contributed by atoms with van der Waals surface area (Å²) in [5.41, 5.74) is 0. The molecule has 0 fully saturated rings. The molecule has 0 N–H and O–H groups in total. The first-order valence-electron chi connectivity index (χ1n) is 36.8. The Balaban J connectivity index is 4.07. The van der Waals surface area contributed by atoms with Gasteiger partial charge in [0.25, 0.3) is 0 Å². The number of carbonyl (C=O) groups is 3. The standard InChI is InChI=1S/C75H142O6/c1-4-7-10-13-16-19-22-24-26-28-30-32-34-35-36-37-38-39-40-41-42-44-45-47-49-51-53-56-59-62-65-68-74(77)80-71-72(70-79-73(76)67-64-61-58-55-21-18-15-12-9-6-3)81-75(78)69-66-63-60-57-54-52-50-48-46-43-33-31-29-27-25-23-20-17-14-11-8-5-2/h22,24,28,30,72H,4-21,23,25-27,29,31-71H2,1-3H3/b24-22-,30-28-. The first-order valence-corrected chi connectivity index (χ1v) is 36.8. The molecule has 0 aliphatic rings. The van der Waals surface area contributed by atoms with Crippen molar-refractivity contribution >= 4 is 17.9 Å². The van der Waals surface area contributed by atoms with Crippen LogP contribution >= 0.6 is 0 Å². The summed E-state index contributed by atoms with van der Waals surface area (Å²) in [5, 5.41) is 0. The van der Waals surface area contributed by atoms with Crippen molar-refractivity contribution in [3.63, 3.8) is 0 Å². The Kier molecular flexibility index (Phi) is 68.5. The third-order valence-corrected chi connectivity index (χ3v) is 17.0. The summed E-state index contributed by atoms with van der Waals surface area (Å²) in [5.74, 6) is -0.830. The maximum atomic E-state index is 12.9. The Morgan fingerprint density at radius 3 is 0.679 bits per heavy atom. The van der Waals surface area contributed by atoms with Gasteiger partial charge >= 0.3 is 17.9 Å². The largest absolute Gasteiger partial charge is 0.462 e. The van der Waals surface area contributed by atoms with Gasteiger partial charge in [0.05, 0.1) is 0 Å². The Morgan fingerprint density at radius 2 is 0.444 bits per heavy atom. The van der Waals surface area contributed by atoms with E-state index in [4.69, 9.17) is 14.2 Å². The fourth-order valence-electron chi connectivity index (χ4n) is 11.4. The van der Waals surface area contributed by atoms with E-state index in [1.165, 1.54) is 315 Å². The highest BCUT2D eigenvalue weighted by molar-refractivity contribution is 5.71. The molecule has 0 heterocycles. The fraction of sp³-hybridized carbons (Fsp3) is 0.907. The van der Waals surface area contributed by atoms with Crippen molar-refractivity contribution in [2.24, 2.45) is 0 Å². The second kappa shape index (κ2) is 70.4. The monoisotopic (exact) mass is 1140 g/mol. The Morgan fingerprint density at radius 1 is 0.247 bits per heavy atom. The lowest BCUT2D eigenvalue weighted by Crippen LogP contribution is -2.30. The van der Waals surface area contributed by atoms with Crippen LogP contribution in [0.15, 0.2) is 24.3 Å². The van der Waals surface area contributed by atoms with E-state index in [9.17, 15) is 14.4 Å². The zero-order chi connectivity index (χ0) is 58.5. The molecular weight excluding hydrogens is 997 g/mol. The third kappa shape index (κ3) is 68.6. The van der Waals surface area contributed by atoms with E-state index in [-0.39, 0.29) is 31.1 Å². The summed E-state index contributed by atoms with van der Waals surface area (Å²) in [6.07, 6.45) is 86.6. The summed E-state index contributed by atoms with van der Waals surface area (Å²) in [7, 11) is 0. The smallest absolute Gasteiger partial charge is 0.306 e. The van der Waals surface area contributed by atoms with Crippen molar-refractivity contribution in [3.05, 3.63) is 24.3 Å². The van der Waals surface area contributed by atoms with Gasteiger partial charge in [0.15, 0.2) is 6.10 Å². The molecule has 81 heavy (non-hydrogen) atoms. The number of hydrogen-bond donors (Lipinski definition) is 0. The van der Waals surface area contributed by atoms with Gasteiger partial charge < -0.3 is 14.2 Å². The fourth-order valence-corrected chi connectivity index (χ4v) is 11.4. The van der Waals surface area contributed by atoms with Crippen molar-refractivity contribution in [1.82, 2.24) is 0 Å². The highest BCUT2D eigenvalue weighted by Gasteiger charge is 2.20. The molecule has 0 aromatic heterocycles. The number of unbranched alkanes of at least 4 members (excludes halogenated alkanes) is 54. The lowest BCUT2D eigenvalue weighted by atomic mass is 10.0. The minimum Gasteiger partial charge on any atom is -0.462 e. The molecule has 0 radical (unpaired) electrons. The average molecular weight is 1140 g/mol. The molecule has 0 aliphatic carbocycles. The van der Waals surface area contributed by atoms with Gasteiger partial charge in [-0.15, -0.1) is 0 Å². The number of rotatable bonds is 69. The topological polar surface area (TPSA) is 78.9 Å². The van der Waals surface area contributed by atoms with Crippen LogP contribution in [0.1, 0.15) is 419 Å². The molecule has 0 saturated carbocycles. The molecule has 478 valence electrons. The maximum Gasteiger partial charge on any atom is 0.306 e. The molecular formula is C75H142O6. The van der Waals surface area contributed by atoms with Crippen LogP contribution in [0.5, 0.6) is 0 Å². The molecule has 0 amide bonds. The molecule has 0 aromatic carbocycles. The van der Waals surface area contributed by atoms with Crippen molar-refractivity contribution in [3.8, 4) is 0 Å². The average Bonchev–Trinajstić information content (AvgIpc) is 3.47. The highest BCUT2D eigenvalue weighted by Crippen LogP contribution is 2.19. The lowest BCUT2D eigenvalue weighted by molar-refractivity contribution is -0.167. The zero-order valence-corrected chi connectivity index (χ0v) is 55.1. The van der Waals surface area contributed by atoms with E-state index in [2.05, 4.69) is 45.1 Å². The van der Waals surface area contributed by atoms with E-state index >= 15 is 0 Å². The molecule has 6 nitrogen and oxygen atoms in total. The molecule has 1 atom stereocenters. The van der Waals surface area contributed by atoms with Crippen LogP contribution in [0.25, 0.3) is 0 Å². The molecule has 0 aliphatic heterocycles. The molecule has 0 rings (SSSR count). The molecule has 1 unspecified atom stereocenters. The van der Waals surface area contributed by atoms with E-state index in [0.717, 1.165) is 64.2 Å². The number of hydrogen-bond acceptors (Lipinski definition) is 6. The second-order valence-corrected chi connectivity index (χ2v) is 25.2. The molecule has 6 heteroatoms. The molecule has 0 aromatic rings. The number of esters is 3. The highest BCUT2D eigenvalue weighted by atomic mass is 16.6. The quantitative estimate of drug-likeness (QED) is 0.0261. The number of ether oxygens (including phenoxy) is 3. The van der Waals surface area contributed by atoms with Gasteiger partial charge in [-0.1, -0.05) is 373 Å². The van der Waals surface area contributed by atoms with Crippen molar-refractivity contribution < 1.29 is 28.6 Å². The van der Waals surface area contributed by atoms with Crippen LogP contribution in [0.3, 0.4) is 0 Å². The molecule has 0 bridgehead atoms. The maximum absolute atomic E-state index is 12.9. The summed E-state index contributed by atoms with van der Waals surface area (Å²) in [4.78, 5) is 38.4. The number of carbonyl (C=O) groups excluding carboxylic acids is 3. The van der Waals surface area contributed by atoms with Crippen LogP contribution in [0, 0.1) is 0 Å². The van der Waals surface area contributed by atoms with E-state index in [0.29, 0.717) is 19.3 Å². The van der Waals surface area contributed by atoms with Gasteiger partial charge in [0, 0.05) is 19.3 Å². The number of allylic oxidation sites excluding steroid dienone is 4. The molecule has 0 saturated heterocycles.